The highest BCUT2D eigenvalue weighted by Crippen LogP contribution is 2.26. The topological polar surface area (TPSA) is 130 Å². The van der Waals surface area contributed by atoms with Crippen LogP contribution in [0.4, 0.5) is 17.1 Å². The third-order valence-electron chi connectivity index (χ3n) is 5.34. The number of nitro groups is 1. The second kappa shape index (κ2) is 12.5. The van der Waals surface area contributed by atoms with Crippen LogP contribution in [0.5, 0.6) is 0 Å². The van der Waals surface area contributed by atoms with Crippen molar-refractivity contribution in [3.63, 3.8) is 0 Å². The normalized spacial score (nSPS) is 11.2. The van der Waals surface area contributed by atoms with Crippen LogP contribution in [0.2, 0.25) is 0 Å². The number of benzene rings is 2. The van der Waals surface area contributed by atoms with Crippen molar-refractivity contribution in [2.45, 2.75) is 6.54 Å². The minimum Gasteiger partial charge on any atom is -0.383 e. The molecule has 0 aliphatic carbocycles. The second-order valence-electron chi connectivity index (χ2n) is 7.91. The van der Waals surface area contributed by atoms with E-state index in [4.69, 9.17) is 4.74 Å². The van der Waals surface area contributed by atoms with Crippen molar-refractivity contribution in [2.75, 3.05) is 36.2 Å². The smallest absolute Gasteiger partial charge is 0.274 e. The first kappa shape index (κ1) is 25.6. The number of nitrogens with one attached hydrogen (secondary N) is 4. The summed E-state index contributed by atoms with van der Waals surface area (Å²) in [7, 11) is 1.55. The molecule has 2 aromatic carbocycles. The maximum absolute atomic E-state index is 13.1. The average Bonchev–Trinajstić information content (AvgIpc) is 3.36. The van der Waals surface area contributed by atoms with E-state index in [-0.39, 0.29) is 11.7 Å². The third-order valence-corrected chi connectivity index (χ3v) is 6.25. The van der Waals surface area contributed by atoms with Gasteiger partial charge in [0.1, 0.15) is 4.88 Å². The van der Waals surface area contributed by atoms with Crippen LogP contribution in [0.3, 0.4) is 0 Å². The Morgan fingerprint density at radius 2 is 1.92 bits per heavy atom. The molecule has 0 fully saturated rings. The van der Waals surface area contributed by atoms with Crippen molar-refractivity contribution in [3.05, 3.63) is 105 Å². The van der Waals surface area contributed by atoms with E-state index < -0.39 is 4.92 Å². The first-order valence-electron chi connectivity index (χ1n) is 11.4. The van der Waals surface area contributed by atoms with Gasteiger partial charge in [-0.2, -0.15) is 0 Å². The van der Waals surface area contributed by atoms with Crippen molar-refractivity contribution in [3.8, 4) is 0 Å². The summed E-state index contributed by atoms with van der Waals surface area (Å²) in [5.74, 6) is -0.0487. The Morgan fingerprint density at radius 3 is 2.73 bits per heavy atom. The van der Waals surface area contributed by atoms with Crippen LogP contribution in [0.25, 0.3) is 10.9 Å². The summed E-state index contributed by atoms with van der Waals surface area (Å²) in [6.45, 7) is 1.32. The maximum Gasteiger partial charge on any atom is 0.274 e. The molecule has 0 unspecified atom stereocenters. The minimum atomic E-state index is -0.548. The molecule has 2 aromatic heterocycles. The number of aromatic nitrogens is 1. The zero-order valence-corrected chi connectivity index (χ0v) is 20.9. The second-order valence-corrected chi connectivity index (χ2v) is 8.83. The number of fused-ring (bicyclic) bond motifs is 1. The van der Waals surface area contributed by atoms with Gasteiger partial charge < -0.3 is 26.0 Å². The monoisotopic (exact) mass is 518 g/mol. The number of ether oxygens (including phenoxy) is 1. The van der Waals surface area contributed by atoms with Crippen LogP contribution in [-0.2, 0) is 11.3 Å². The number of para-hydroxylation sites is 1. The fraction of sp³-hybridized carbons (Fsp3) is 0.154. The fourth-order valence-electron chi connectivity index (χ4n) is 3.66. The van der Waals surface area contributed by atoms with Gasteiger partial charge in [0.05, 0.1) is 22.7 Å². The molecule has 1 amide bonds. The highest BCUT2D eigenvalue weighted by molar-refractivity contribution is 7.12. The molecule has 0 aliphatic heterocycles. The summed E-state index contributed by atoms with van der Waals surface area (Å²) in [5.41, 5.74) is 3.86. The number of rotatable bonds is 12. The van der Waals surface area contributed by atoms with E-state index in [9.17, 15) is 14.9 Å². The van der Waals surface area contributed by atoms with Gasteiger partial charge in [0.15, 0.2) is 5.82 Å². The summed E-state index contributed by atoms with van der Waals surface area (Å²) < 4.78 is 4.97. The van der Waals surface area contributed by atoms with Gasteiger partial charge in [-0.25, -0.2) is 0 Å². The average molecular weight is 519 g/mol. The molecule has 2 heterocycles. The van der Waals surface area contributed by atoms with Gasteiger partial charge in [-0.3, -0.25) is 19.9 Å². The SMILES string of the molecule is COCCN/C(=C/[N+](=O)[O-])Nc1cccc(NC(=O)c2sccc2NCc2ccnc3ccccc23)c1. The number of thiophene rings is 1. The Balaban J connectivity index is 1.42. The molecule has 0 radical (unpaired) electrons. The number of hydrogen-bond donors (Lipinski definition) is 4. The van der Waals surface area contributed by atoms with Gasteiger partial charge in [0, 0.05) is 43.2 Å². The molecule has 0 saturated carbocycles. The Bertz CT molecular complexity index is 1420. The molecular formula is C26H26N6O4S. The number of carbonyl (C=O) groups excluding carboxylic acids is 1. The standard InChI is InChI=1S/C26H26N6O4S/c1-36-13-12-28-24(17-32(34)35)30-19-5-4-6-20(15-19)31-26(33)25-23(10-14-37-25)29-16-18-9-11-27-22-8-3-2-7-21(18)22/h2-11,14-15,17,28-30H,12-13,16H2,1H3,(H,31,33)/b24-17-. The van der Waals surface area contributed by atoms with Gasteiger partial charge in [-0.15, -0.1) is 11.3 Å². The van der Waals surface area contributed by atoms with Crippen LogP contribution in [0, 0.1) is 10.1 Å². The molecule has 0 bridgehead atoms. The molecule has 11 heteroatoms. The van der Waals surface area contributed by atoms with Crippen LogP contribution in [0.1, 0.15) is 15.2 Å². The maximum atomic E-state index is 13.1. The fourth-order valence-corrected chi connectivity index (χ4v) is 4.42. The summed E-state index contributed by atoms with van der Waals surface area (Å²) in [6, 6.07) is 18.7. The van der Waals surface area contributed by atoms with Crippen molar-refractivity contribution in [1.82, 2.24) is 10.3 Å². The van der Waals surface area contributed by atoms with Gasteiger partial charge in [-0.1, -0.05) is 24.3 Å². The van der Waals surface area contributed by atoms with Gasteiger partial charge >= 0.3 is 0 Å². The Kier molecular flexibility index (Phi) is 8.63. The first-order chi connectivity index (χ1) is 18.0. The lowest BCUT2D eigenvalue weighted by Gasteiger charge is -2.13. The Labute approximate surface area is 217 Å². The molecule has 4 aromatic rings. The molecule has 37 heavy (non-hydrogen) atoms. The number of hydrogen-bond acceptors (Lipinski definition) is 9. The highest BCUT2D eigenvalue weighted by atomic mass is 32.1. The predicted octanol–water partition coefficient (Wildman–Crippen LogP) is 4.88. The molecular weight excluding hydrogens is 492 g/mol. The van der Waals surface area contributed by atoms with Crippen LogP contribution in [-0.4, -0.2) is 36.1 Å². The number of amides is 1. The molecule has 0 atom stereocenters. The summed E-state index contributed by atoms with van der Waals surface area (Å²) >= 11 is 1.34. The lowest BCUT2D eigenvalue weighted by atomic mass is 10.1. The summed E-state index contributed by atoms with van der Waals surface area (Å²) in [5, 5.41) is 26.0. The summed E-state index contributed by atoms with van der Waals surface area (Å²) in [4.78, 5) is 28.4. The zero-order valence-electron chi connectivity index (χ0n) is 20.1. The van der Waals surface area contributed by atoms with Gasteiger partial charge in [0.2, 0.25) is 0 Å². The molecule has 4 rings (SSSR count). The predicted molar refractivity (Wildman–Crippen MR) is 146 cm³/mol. The minimum absolute atomic E-state index is 0.207. The lowest BCUT2D eigenvalue weighted by molar-refractivity contribution is -0.403. The van der Waals surface area contributed by atoms with E-state index >= 15 is 0 Å². The van der Waals surface area contributed by atoms with E-state index in [1.54, 1.807) is 37.6 Å². The third kappa shape index (κ3) is 7.03. The van der Waals surface area contributed by atoms with E-state index in [1.165, 1.54) is 11.3 Å². The quantitative estimate of drug-likeness (QED) is 0.119. The van der Waals surface area contributed by atoms with Crippen molar-refractivity contribution in [1.29, 1.82) is 0 Å². The largest absolute Gasteiger partial charge is 0.383 e. The Morgan fingerprint density at radius 1 is 1.11 bits per heavy atom. The molecule has 0 aliphatic rings. The highest BCUT2D eigenvalue weighted by Gasteiger charge is 2.14. The van der Waals surface area contributed by atoms with E-state index in [1.807, 2.05) is 41.8 Å². The van der Waals surface area contributed by atoms with Gasteiger partial charge in [-0.05, 0) is 47.3 Å². The number of anilines is 3. The van der Waals surface area contributed by atoms with E-state index in [2.05, 4.69) is 26.3 Å². The van der Waals surface area contributed by atoms with Crippen molar-refractivity contribution < 1.29 is 14.5 Å². The number of pyridine rings is 1. The van der Waals surface area contributed by atoms with Crippen LogP contribution < -0.4 is 21.3 Å². The lowest BCUT2D eigenvalue weighted by Crippen LogP contribution is -2.24. The number of nitrogens with zero attached hydrogens (tertiary/aromatic N) is 2. The van der Waals surface area contributed by atoms with Crippen molar-refractivity contribution >= 4 is 45.2 Å². The molecule has 4 N–H and O–H groups in total. The molecule has 0 saturated heterocycles. The van der Waals surface area contributed by atoms with Gasteiger partial charge in [0.25, 0.3) is 12.1 Å². The first-order valence-corrected chi connectivity index (χ1v) is 12.3. The van der Waals surface area contributed by atoms with Crippen LogP contribution in [0.15, 0.2) is 84.3 Å². The molecule has 10 nitrogen and oxygen atoms in total. The summed E-state index contributed by atoms with van der Waals surface area (Å²) in [6.07, 6.45) is 2.62. The number of methoxy groups -OCH3 is 1. The number of carbonyl (C=O) groups is 1. The zero-order chi connectivity index (χ0) is 26.0. The molecule has 0 spiro atoms. The molecule has 190 valence electrons. The Hall–Kier alpha value is -4.48. The van der Waals surface area contributed by atoms with Crippen molar-refractivity contribution in [2.24, 2.45) is 0 Å². The van der Waals surface area contributed by atoms with E-state index in [0.29, 0.717) is 35.9 Å². The van der Waals surface area contributed by atoms with E-state index in [0.717, 1.165) is 28.4 Å². The van der Waals surface area contributed by atoms with Crippen LogP contribution >= 0.6 is 11.3 Å².